The number of ether oxygens (including phenoxy) is 1. The number of pyridine rings is 1. The summed E-state index contributed by atoms with van der Waals surface area (Å²) in [4.78, 5) is 17.2. The Kier molecular flexibility index (Phi) is 5.86. The maximum Gasteiger partial charge on any atom is 0.255 e. The fraction of sp³-hybridized carbons (Fsp3) is 0. The molecule has 5 aromatic rings. The number of carbonyl (C=O) groups excluding carboxylic acids is 1. The Morgan fingerprint density at radius 1 is 0.765 bits per heavy atom. The van der Waals surface area contributed by atoms with Crippen molar-refractivity contribution in [3.05, 3.63) is 121 Å². The van der Waals surface area contributed by atoms with E-state index in [4.69, 9.17) is 4.74 Å². The van der Waals surface area contributed by atoms with Crippen molar-refractivity contribution in [2.24, 2.45) is 0 Å². The topological polar surface area (TPSA) is 63.2 Å². The van der Waals surface area contributed by atoms with Gasteiger partial charge in [-0.15, -0.1) is 0 Å². The number of anilines is 3. The maximum absolute atomic E-state index is 13.8. The molecule has 0 aliphatic rings. The number of halogens is 1. The van der Waals surface area contributed by atoms with E-state index >= 15 is 0 Å². The lowest BCUT2D eigenvalue weighted by molar-refractivity contribution is 0.102. The van der Waals surface area contributed by atoms with Gasteiger partial charge in [-0.1, -0.05) is 30.3 Å². The molecule has 2 N–H and O–H groups in total. The zero-order valence-electron chi connectivity index (χ0n) is 18.0. The Hall–Kier alpha value is -4.71. The van der Waals surface area contributed by atoms with E-state index in [9.17, 15) is 9.18 Å². The molecule has 1 amide bonds. The fourth-order valence-electron chi connectivity index (χ4n) is 3.59. The SMILES string of the molecule is O=C(Nc1cccc(Oc2ccccc2)c1)c1cccc(Nc2ccnc3ccc(F)cc23)c1. The van der Waals surface area contributed by atoms with Crippen LogP contribution < -0.4 is 15.4 Å². The second kappa shape index (κ2) is 9.42. The van der Waals surface area contributed by atoms with Crippen molar-refractivity contribution in [3.63, 3.8) is 0 Å². The fourth-order valence-corrected chi connectivity index (χ4v) is 3.59. The van der Waals surface area contributed by atoms with Crippen LogP contribution in [0.5, 0.6) is 11.5 Å². The van der Waals surface area contributed by atoms with Gasteiger partial charge in [0.15, 0.2) is 0 Å². The number of para-hydroxylation sites is 1. The molecule has 166 valence electrons. The molecule has 0 fully saturated rings. The molecule has 1 aromatic heterocycles. The highest BCUT2D eigenvalue weighted by Crippen LogP contribution is 2.27. The first-order valence-corrected chi connectivity index (χ1v) is 10.7. The smallest absolute Gasteiger partial charge is 0.255 e. The summed E-state index contributed by atoms with van der Waals surface area (Å²) in [5, 5.41) is 6.83. The highest BCUT2D eigenvalue weighted by molar-refractivity contribution is 6.05. The average Bonchev–Trinajstić information content (AvgIpc) is 2.85. The van der Waals surface area contributed by atoms with Crippen molar-refractivity contribution in [3.8, 4) is 11.5 Å². The zero-order chi connectivity index (χ0) is 23.3. The van der Waals surface area contributed by atoms with Gasteiger partial charge in [0, 0.05) is 40.3 Å². The van der Waals surface area contributed by atoms with E-state index in [-0.39, 0.29) is 11.7 Å². The zero-order valence-corrected chi connectivity index (χ0v) is 18.0. The first kappa shape index (κ1) is 21.2. The summed E-state index contributed by atoms with van der Waals surface area (Å²) in [6.45, 7) is 0. The summed E-state index contributed by atoms with van der Waals surface area (Å²) in [5.74, 6) is 0.741. The third-order valence-electron chi connectivity index (χ3n) is 5.18. The first-order valence-electron chi connectivity index (χ1n) is 10.7. The Balaban J connectivity index is 1.33. The molecule has 0 saturated heterocycles. The van der Waals surface area contributed by atoms with Crippen LogP contribution in [-0.4, -0.2) is 10.9 Å². The second-order valence-electron chi connectivity index (χ2n) is 7.62. The Morgan fingerprint density at radius 2 is 1.56 bits per heavy atom. The van der Waals surface area contributed by atoms with Crippen molar-refractivity contribution in [2.45, 2.75) is 0 Å². The van der Waals surface area contributed by atoms with Gasteiger partial charge in [0.1, 0.15) is 17.3 Å². The van der Waals surface area contributed by atoms with Crippen molar-refractivity contribution < 1.29 is 13.9 Å². The highest BCUT2D eigenvalue weighted by atomic mass is 19.1. The van der Waals surface area contributed by atoms with Crippen LogP contribution in [-0.2, 0) is 0 Å². The molecule has 0 spiro atoms. The van der Waals surface area contributed by atoms with Gasteiger partial charge >= 0.3 is 0 Å². The summed E-state index contributed by atoms with van der Waals surface area (Å²) < 4.78 is 19.6. The molecule has 6 heteroatoms. The van der Waals surface area contributed by atoms with Gasteiger partial charge in [0.25, 0.3) is 5.91 Å². The third-order valence-corrected chi connectivity index (χ3v) is 5.18. The molecule has 0 aliphatic carbocycles. The van der Waals surface area contributed by atoms with Gasteiger partial charge in [0.05, 0.1) is 5.52 Å². The van der Waals surface area contributed by atoms with Crippen LogP contribution in [0.25, 0.3) is 10.9 Å². The van der Waals surface area contributed by atoms with Crippen LogP contribution in [0, 0.1) is 5.82 Å². The Morgan fingerprint density at radius 3 is 2.44 bits per heavy atom. The predicted octanol–water partition coefficient (Wildman–Crippen LogP) is 7.16. The van der Waals surface area contributed by atoms with Gasteiger partial charge < -0.3 is 15.4 Å². The molecule has 5 rings (SSSR count). The van der Waals surface area contributed by atoms with Gasteiger partial charge in [-0.2, -0.15) is 0 Å². The molecule has 0 unspecified atom stereocenters. The lowest BCUT2D eigenvalue weighted by atomic mass is 10.1. The number of amides is 1. The molecule has 4 aromatic carbocycles. The van der Waals surface area contributed by atoms with Crippen LogP contribution in [0.1, 0.15) is 10.4 Å². The number of fused-ring (bicyclic) bond motifs is 1. The van der Waals surface area contributed by atoms with E-state index in [0.717, 1.165) is 0 Å². The van der Waals surface area contributed by atoms with E-state index in [1.807, 2.05) is 48.5 Å². The summed E-state index contributed by atoms with van der Waals surface area (Å²) in [6, 6.07) is 30.0. The van der Waals surface area contributed by atoms with Gasteiger partial charge in [-0.3, -0.25) is 9.78 Å². The minimum Gasteiger partial charge on any atom is -0.457 e. The monoisotopic (exact) mass is 449 g/mol. The molecule has 34 heavy (non-hydrogen) atoms. The lowest BCUT2D eigenvalue weighted by Gasteiger charge is -2.12. The second-order valence-corrected chi connectivity index (χ2v) is 7.62. The van der Waals surface area contributed by atoms with E-state index in [2.05, 4.69) is 15.6 Å². The van der Waals surface area contributed by atoms with Gasteiger partial charge in [-0.05, 0) is 66.7 Å². The standard InChI is InChI=1S/C28H20FN3O2/c29-20-12-13-26-25(17-20)27(14-15-30-26)31-21-7-4-6-19(16-21)28(33)32-22-8-5-11-24(18-22)34-23-9-2-1-3-10-23/h1-18H,(H,30,31)(H,32,33). The minimum atomic E-state index is -0.338. The summed E-state index contributed by atoms with van der Waals surface area (Å²) in [6.07, 6.45) is 1.66. The number of rotatable bonds is 6. The third kappa shape index (κ3) is 4.86. The van der Waals surface area contributed by atoms with Crippen LogP contribution in [0.15, 0.2) is 109 Å². The van der Waals surface area contributed by atoms with E-state index in [0.29, 0.717) is 45.0 Å². The number of nitrogens with one attached hydrogen (secondary N) is 2. The van der Waals surface area contributed by atoms with E-state index in [1.165, 1.54) is 12.1 Å². The molecular formula is C28H20FN3O2. The summed E-state index contributed by atoms with van der Waals surface area (Å²) in [5.41, 5.74) is 3.17. The Bertz CT molecular complexity index is 1470. The predicted molar refractivity (Wildman–Crippen MR) is 132 cm³/mol. The van der Waals surface area contributed by atoms with Crippen LogP contribution in [0.3, 0.4) is 0 Å². The number of hydrogen-bond donors (Lipinski definition) is 2. The van der Waals surface area contributed by atoms with Crippen LogP contribution >= 0.6 is 0 Å². The minimum absolute atomic E-state index is 0.258. The van der Waals surface area contributed by atoms with E-state index in [1.54, 1.807) is 48.7 Å². The van der Waals surface area contributed by atoms with Crippen molar-refractivity contribution in [1.82, 2.24) is 4.98 Å². The molecular weight excluding hydrogens is 429 g/mol. The summed E-state index contributed by atoms with van der Waals surface area (Å²) >= 11 is 0. The number of aromatic nitrogens is 1. The Labute approximate surface area is 195 Å². The lowest BCUT2D eigenvalue weighted by Crippen LogP contribution is -2.12. The van der Waals surface area contributed by atoms with Crippen molar-refractivity contribution >= 4 is 33.9 Å². The van der Waals surface area contributed by atoms with Crippen LogP contribution in [0.2, 0.25) is 0 Å². The number of carbonyl (C=O) groups is 1. The quantitative estimate of drug-likeness (QED) is 0.289. The maximum atomic E-state index is 13.8. The number of nitrogens with zero attached hydrogens (tertiary/aromatic N) is 1. The van der Waals surface area contributed by atoms with Gasteiger partial charge in [0.2, 0.25) is 0 Å². The molecule has 0 atom stereocenters. The average molecular weight is 449 g/mol. The largest absolute Gasteiger partial charge is 0.457 e. The van der Waals surface area contributed by atoms with Crippen molar-refractivity contribution in [2.75, 3.05) is 10.6 Å². The molecule has 0 bridgehead atoms. The molecule has 0 aliphatic heterocycles. The molecule has 5 nitrogen and oxygen atoms in total. The molecule has 0 radical (unpaired) electrons. The van der Waals surface area contributed by atoms with Crippen LogP contribution in [0.4, 0.5) is 21.5 Å². The number of hydrogen-bond acceptors (Lipinski definition) is 4. The van der Waals surface area contributed by atoms with Gasteiger partial charge in [-0.25, -0.2) is 4.39 Å². The van der Waals surface area contributed by atoms with Crippen molar-refractivity contribution in [1.29, 1.82) is 0 Å². The highest BCUT2D eigenvalue weighted by Gasteiger charge is 2.10. The molecule has 0 saturated carbocycles. The first-order chi connectivity index (χ1) is 16.6. The normalized spacial score (nSPS) is 10.6. The number of benzene rings is 4. The summed E-state index contributed by atoms with van der Waals surface area (Å²) in [7, 11) is 0. The molecule has 1 heterocycles. The van der Waals surface area contributed by atoms with E-state index < -0.39 is 0 Å².